The van der Waals surface area contributed by atoms with Crippen LogP contribution in [-0.2, 0) is 0 Å². The van der Waals surface area contributed by atoms with E-state index in [1.54, 1.807) is 0 Å². The van der Waals surface area contributed by atoms with Gasteiger partial charge in [-0.2, -0.15) is 0 Å². The Morgan fingerprint density at radius 1 is 1.29 bits per heavy atom. The minimum atomic E-state index is 0.315. The van der Waals surface area contributed by atoms with Crippen LogP contribution in [-0.4, -0.2) is 30.4 Å². The Hall–Kier alpha value is -0.570. The van der Waals surface area contributed by atoms with Gasteiger partial charge in [-0.15, -0.1) is 0 Å². The summed E-state index contributed by atoms with van der Waals surface area (Å²) in [5.74, 6) is 0.315. The Labute approximate surface area is 88.2 Å². The predicted molar refractivity (Wildman–Crippen MR) is 62.8 cm³/mol. The van der Waals surface area contributed by atoms with Crippen LogP contribution in [0, 0.1) is 5.41 Å². The van der Waals surface area contributed by atoms with Gasteiger partial charge in [0.2, 0.25) is 0 Å². The van der Waals surface area contributed by atoms with Gasteiger partial charge in [0, 0.05) is 12.5 Å². The van der Waals surface area contributed by atoms with Crippen LogP contribution >= 0.6 is 0 Å². The molecule has 0 heterocycles. The van der Waals surface area contributed by atoms with Crippen molar-refractivity contribution in [1.29, 1.82) is 5.41 Å². The molecule has 0 radical (unpaired) electrons. The van der Waals surface area contributed by atoms with E-state index >= 15 is 0 Å². The topological polar surface area (TPSA) is 53.1 Å². The number of hydrogen-bond acceptors (Lipinski definition) is 2. The molecule has 0 aromatic rings. The molecule has 0 aromatic carbocycles. The highest BCUT2D eigenvalue weighted by atomic mass is 15.1. The quantitative estimate of drug-likeness (QED) is 0.358. The summed E-state index contributed by atoms with van der Waals surface area (Å²) in [6.45, 7) is 5.60. The fraction of sp³-hybridized carbons (Fsp3) is 0.909. The molecule has 0 aliphatic rings. The maximum Gasteiger partial charge on any atom is 0.0905 e. The van der Waals surface area contributed by atoms with Crippen molar-refractivity contribution in [3.8, 4) is 0 Å². The molecule has 3 heteroatoms. The van der Waals surface area contributed by atoms with Gasteiger partial charge in [-0.1, -0.05) is 13.8 Å². The van der Waals surface area contributed by atoms with Crippen LogP contribution < -0.4 is 5.73 Å². The van der Waals surface area contributed by atoms with Gasteiger partial charge >= 0.3 is 0 Å². The zero-order valence-electron chi connectivity index (χ0n) is 9.84. The molecule has 0 aliphatic heterocycles. The maximum absolute atomic E-state index is 7.10. The van der Waals surface area contributed by atoms with E-state index in [-0.39, 0.29) is 0 Å². The molecule has 0 amide bonds. The largest absolute Gasteiger partial charge is 0.388 e. The van der Waals surface area contributed by atoms with Gasteiger partial charge in [0.05, 0.1) is 5.84 Å². The van der Waals surface area contributed by atoms with E-state index < -0.39 is 0 Å². The lowest BCUT2D eigenvalue weighted by atomic mass is 10.1. The number of nitrogens with zero attached hydrogens (tertiary/aromatic N) is 1. The SMILES string of the molecule is CCC(CC)N(C)CCCCC(=N)N. The minimum absolute atomic E-state index is 0.315. The first-order valence-electron chi connectivity index (χ1n) is 5.64. The van der Waals surface area contributed by atoms with Gasteiger partial charge in [0.15, 0.2) is 0 Å². The Kier molecular flexibility index (Phi) is 7.48. The Morgan fingerprint density at radius 3 is 2.29 bits per heavy atom. The summed E-state index contributed by atoms with van der Waals surface area (Å²) in [6, 6.07) is 0.715. The Morgan fingerprint density at radius 2 is 1.86 bits per heavy atom. The molecule has 0 fully saturated rings. The Balaban J connectivity index is 3.51. The van der Waals surface area contributed by atoms with Gasteiger partial charge in [0.1, 0.15) is 0 Å². The zero-order valence-corrected chi connectivity index (χ0v) is 9.84. The van der Waals surface area contributed by atoms with Crippen molar-refractivity contribution in [3.05, 3.63) is 0 Å². The molecule has 0 aromatic heterocycles. The molecule has 0 rings (SSSR count). The first-order chi connectivity index (χ1) is 6.61. The molecule has 0 saturated heterocycles. The fourth-order valence-corrected chi connectivity index (χ4v) is 1.77. The van der Waals surface area contributed by atoms with E-state index in [1.165, 1.54) is 12.8 Å². The third kappa shape index (κ3) is 5.97. The summed E-state index contributed by atoms with van der Waals surface area (Å²) in [4.78, 5) is 2.42. The maximum atomic E-state index is 7.10. The summed E-state index contributed by atoms with van der Waals surface area (Å²) in [7, 11) is 2.19. The van der Waals surface area contributed by atoms with Gasteiger partial charge in [0.25, 0.3) is 0 Å². The average molecular weight is 199 g/mol. The monoisotopic (exact) mass is 199 g/mol. The number of hydrogen-bond donors (Lipinski definition) is 2. The second kappa shape index (κ2) is 7.80. The highest BCUT2D eigenvalue weighted by Crippen LogP contribution is 2.07. The average Bonchev–Trinajstić information content (AvgIpc) is 2.14. The van der Waals surface area contributed by atoms with Crippen LogP contribution in [0.1, 0.15) is 46.0 Å². The lowest BCUT2D eigenvalue weighted by molar-refractivity contribution is 0.226. The van der Waals surface area contributed by atoms with Crippen LogP contribution in [0.4, 0.5) is 0 Å². The summed E-state index contributed by atoms with van der Waals surface area (Å²) in [6.07, 6.45) is 5.38. The molecule has 0 atom stereocenters. The predicted octanol–water partition coefficient (Wildman–Crippen LogP) is 2.21. The Bertz CT molecular complexity index is 153. The second-order valence-electron chi connectivity index (χ2n) is 3.93. The fourth-order valence-electron chi connectivity index (χ4n) is 1.77. The van der Waals surface area contributed by atoms with Crippen LogP contribution in [0.5, 0.6) is 0 Å². The number of amidine groups is 1. The molecular formula is C11H25N3. The highest BCUT2D eigenvalue weighted by molar-refractivity contribution is 5.76. The lowest BCUT2D eigenvalue weighted by Gasteiger charge is -2.25. The summed E-state index contributed by atoms with van der Waals surface area (Å²) in [5, 5.41) is 7.10. The second-order valence-corrected chi connectivity index (χ2v) is 3.93. The van der Waals surface area contributed by atoms with E-state index in [9.17, 15) is 0 Å². The molecule has 0 saturated carbocycles. The smallest absolute Gasteiger partial charge is 0.0905 e. The van der Waals surface area contributed by atoms with Gasteiger partial charge in [-0.05, 0) is 39.3 Å². The summed E-state index contributed by atoms with van der Waals surface area (Å²) < 4.78 is 0. The third-order valence-electron chi connectivity index (χ3n) is 2.77. The zero-order chi connectivity index (χ0) is 11.0. The van der Waals surface area contributed by atoms with E-state index in [2.05, 4.69) is 25.8 Å². The highest BCUT2D eigenvalue weighted by Gasteiger charge is 2.08. The number of unbranched alkanes of at least 4 members (excludes halogenated alkanes) is 1. The lowest BCUT2D eigenvalue weighted by Crippen LogP contribution is -2.31. The van der Waals surface area contributed by atoms with Crippen molar-refractivity contribution >= 4 is 5.84 Å². The van der Waals surface area contributed by atoms with E-state index in [4.69, 9.17) is 11.1 Å². The van der Waals surface area contributed by atoms with E-state index in [0.717, 1.165) is 25.8 Å². The molecular weight excluding hydrogens is 174 g/mol. The standard InChI is InChI=1S/C11H25N3/c1-4-10(5-2)14(3)9-7-6-8-11(12)13/h10H,4-9H2,1-3H3,(H3,12,13). The third-order valence-corrected chi connectivity index (χ3v) is 2.77. The van der Waals surface area contributed by atoms with Crippen molar-refractivity contribution in [3.63, 3.8) is 0 Å². The molecule has 0 unspecified atom stereocenters. The van der Waals surface area contributed by atoms with Crippen LogP contribution in [0.25, 0.3) is 0 Å². The van der Waals surface area contributed by atoms with Crippen LogP contribution in [0.2, 0.25) is 0 Å². The van der Waals surface area contributed by atoms with Crippen molar-refractivity contribution < 1.29 is 0 Å². The van der Waals surface area contributed by atoms with Gasteiger partial charge < -0.3 is 10.6 Å². The normalized spacial score (nSPS) is 11.2. The van der Waals surface area contributed by atoms with Crippen molar-refractivity contribution in [1.82, 2.24) is 4.90 Å². The number of rotatable bonds is 8. The molecule has 0 spiro atoms. The molecule has 14 heavy (non-hydrogen) atoms. The summed E-state index contributed by atoms with van der Waals surface area (Å²) in [5.41, 5.74) is 5.29. The molecule has 0 bridgehead atoms. The number of nitrogens with two attached hydrogens (primary N) is 1. The van der Waals surface area contributed by atoms with Crippen LogP contribution in [0.15, 0.2) is 0 Å². The first-order valence-corrected chi connectivity index (χ1v) is 5.64. The van der Waals surface area contributed by atoms with E-state index in [1.807, 2.05) is 0 Å². The first kappa shape index (κ1) is 13.4. The number of nitrogens with one attached hydrogen (secondary N) is 1. The molecule has 3 nitrogen and oxygen atoms in total. The summed E-state index contributed by atoms with van der Waals surface area (Å²) >= 11 is 0. The van der Waals surface area contributed by atoms with Gasteiger partial charge in [-0.25, -0.2) is 0 Å². The van der Waals surface area contributed by atoms with Gasteiger partial charge in [-0.3, -0.25) is 5.41 Å². The van der Waals surface area contributed by atoms with E-state index in [0.29, 0.717) is 11.9 Å². The molecule has 0 aliphatic carbocycles. The minimum Gasteiger partial charge on any atom is -0.388 e. The molecule has 3 N–H and O–H groups in total. The van der Waals surface area contributed by atoms with Crippen molar-refractivity contribution in [2.75, 3.05) is 13.6 Å². The molecule has 84 valence electrons. The van der Waals surface area contributed by atoms with Crippen molar-refractivity contribution in [2.24, 2.45) is 5.73 Å². The van der Waals surface area contributed by atoms with Crippen LogP contribution in [0.3, 0.4) is 0 Å². The van der Waals surface area contributed by atoms with Crippen molar-refractivity contribution in [2.45, 2.75) is 52.0 Å².